The lowest BCUT2D eigenvalue weighted by Gasteiger charge is -2.06. The molecular weight excluding hydrogens is 216 g/mol. The van der Waals surface area contributed by atoms with E-state index in [1.165, 1.54) is 6.07 Å². The van der Waals surface area contributed by atoms with E-state index >= 15 is 0 Å². The molecule has 1 fully saturated rings. The summed E-state index contributed by atoms with van der Waals surface area (Å²) < 4.78 is 10.2. The maximum atomic E-state index is 9.34. The molecule has 0 spiro atoms. The third-order valence-electron chi connectivity index (χ3n) is 1.75. The number of hydrogen-bond donors (Lipinski definition) is 1. The number of hydrogen-bond acceptors (Lipinski definition) is 3. The molecular formula is C11H15ClO3. The highest BCUT2D eigenvalue weighted by atomic mass is 35.5. The van der Waals surface area contributed by atoms with Crippen LogP contribution in [0.5, 0.6) is 11.5 Å². The molecule has 0 aliphatic carbocycles. The fourth-order valence-electron chi connectivity index (χ4n) is 0.951. The quantitative estimate of drug-likeness (QED) is 0.812. The number of phenols is 1. The first kappa shape index (κ1) is 12.1. The molecule has 0 saturated carbocycles. The Morgan fingerprint density at radius 1 is 1.53 bits per heavy atom. The fourth-order valence-corrected chi connectivity index (χ4v) is 1.11. The van der Waals surface area contributed by atoms with Crippen molar-refractivity contribution in [3.05, 3.63) is 23.2 Å². The zero-order chi connectivity index (χ0) is 11.3. The van der Waals surface area contributed by atoms with Gasteiger partial charge in [0.2, 0.25) is 0 Å². The Bertz CT molecular complexity index is 311. The second-order valence-corrected chi connectivity index (χ2v) is 3.31. The molecule has 2 rings (SSSR count). The molecule has 0 aromatic heterocycles. The van der Waals surface area contributed by atoms with E-state index in [0.29, 0.717) is 17.4 Å². The van der Waals surface area contributed by atoms with Crippen molar-refractivity contribution in [1.29, 1.82) is 0 Å². The van der Waals surface area contributed by atoms with Gasteiger partial charge in [-0.05, 0) is 12.1 Å². The van der Waals surface area contributed by atoms with Gasteiger partial charge in [0.15, 0.2) is 11.5 Å². The summed E-state index contributed by atoms with van der Waals surface area (Å²) in [5, 5.41) is 9.89. The molecule has 1 saturated heterocycles. The molecule has 3 nitrogen and oxygen atoms in total. The summed E-state index contributed by atoms with van der Waals surface area (Å²) >= 11 is 5.73. The van der Waals surface area contributed by atoms with Crippen LogP contribution in [-0.2, 0) is 4.74 Å². The molecule has 0 amide bonds. The third-order valence-corrected chi connectivity index (χ3v) is 1.98. The average Bonchev–Trinajstić information content (AvgIpc) is 3.06. The summed E-state index contributed by atoms with van der Waals surface area (Å²) in [6, 6.07) is 4.70. The van der Waals surface area contributed by atoms with Gasteiger partial charge < -0.3 is 14.6 Å². The minimum absolute atomic E-state index is 0.102. The first-order valence-corrected chi connectivity index (χ1v) is 5.36. The van der Waals surface area contributed by atoms with Crippen molar-refractivity contribution in [2.75, 3.05) is 13.2 Å². The molecule has 0 radical (unpaired) electrons. The normalized spacial score (nSPS) is 17.7. The van der Waals surface area contributed by atoms with Crippen molar-refractivity contribution in [3.8, 4) is 11.5 Å². The standard InChI is InChI=1S/C9H9ClO3.C2H6/c10-6-1-2-8(11)9(3-6)13-5-7-4-12-7;1-2/h1-3,7,11H,4-5H2;1-2H3/t7-;/m1./s1. The van der Waals surface area contributed by atoms with Gasteiger partial charge in [0.05, 0.1) is 6.61 Å². The van der Waals surface area contributed by atoms with Gasteiger partial charge in [0.1, 0.15) is 12.7 Å². The smallest absolute Gasteiger partial charge is 0.162 e. The predicted molar refractivity (Wildman–Crippen MR) is 59.7 cm³/mol. The van der Waals surface area contributed by atoms with Gasteiger partial charge in [0.25, 0.3) is 0 Å². The van der Waals surface area contributed by atoms with E-state index in [-0.39, 0.29) is 11.9 Å². The SMILES string of the molecule is CC.Oc1ccc(Cl)cc1OC[C@H]1CO1. The zero-order valence-electron chi connectivity index (χ0n) is 8.87. The fraction of sp³-hybridized carbons (Fsp3) is 0.455. The van der Waals surface area contributed by atoms with Gasteiger partial charge in [0, 0.05) is 11.1 Å². The Balaban J connectivity index is 0.000000531. The summed E-state index contributed by atoms with van der Waals surface area (Å²) in [7, 11) is 0. The molecule has 0 unspecified atom stereocenters. The van der Waals surface area contributed by atoms with Crippen molar-refractivity contribution in [1.82, 2.24) is 0 Å². The van der Waals surface area contributed by atoms with Crippen molar-refractivity contribution in [3.63, 3.8) is 0 Å². The highest BCUT2D eigenvalue weighted by Crippen LogP contribution is 2.29. The minimum atomic E-state index is 0.102. The van der Waals surface area contributed by atoms with Crippen molar-refractivity contribution in [2.24, 2.45) is 0 Å². The van der Waals surface area contributed by atoms with Gasteiger partial charge >= 0.3 is 0 Å². The maximum Gasteiger partial charge on any atom is 0.162 e. The first-order valence-electron chi connectivity index (χ1n) is 4.98. The number of rotatable bonds is 3. The van der Waals surface area contributed by atoms with Crippen LogP contribution in [0.2, 0.25) is 5.02 Å². The Kier molecular flexibility index (Phi) is 4.72. The van der Waals surface area contributed by atoms with Crippen molar-refractivity contribution >= 4 is 11.6 Å². The van der Waals surface area contributed by atoms with E-state index in [1.807, 2.05) is 13.8 Å². The summed E-state index contributed by atoms with van der Waals surface area (Å²) in [6.45, 7) is 5.20. The van der Waals surface area contributed by atoms with Crippen LogP contribution in [0.25, 0.3) is 0 Å². The third kappa shape index (κ3) is 3.98. The number of halogens is 1. The molecule has 1 aromatic rings. The number of epoxide rings is 1. The first-order chi connectivity index (χ1) is 7.25. The van der Waals surface area contributed by atoms with Gasteiger partial charge in [-0.1, -0.05) is 25.4 Å². The van der Waals surface area contributed by atoms with Crippen LogP contribution in [-0.4, -0.2) is 24.4 Å². The van der Waals surface area contributed by atoms with Crippen LogP contribution in [0.3, 0.4) is 0 Å². The Morgan fingerprint density at radius 2 is 2.20 bits per heavy atom. The summed E-state index contributed by atoms with van der Waals surface area (Å²) in [4.78, 5) is 0. The number of aromatic hydroxyl groups is 1. The average molecular weight is 231 g/mol. The molecule has 84 valence electrons. The predicted octanol–water partition coefficient (Wildman–Crippen LogP) is 2.85. The van der Waals surface area contributed by atoms with E-state index in [2.05, 4.69) is 0 Å². The lowest BCUT2D eigenvalue weighted by atomic mass is 10.3. The monoisotopic (exact) mass is 230 g/mol. The summed E-state index contributed by atoms with van der Waals surface area (Å²) in [5.41, 5.74) is 0. The van der Waals surface area contributed by atoms with Crippen LogP contribution in [0.4, 0.5) is 0 Å². The van der Waals surface area contributed by atoms with Crippen LogP contribution in [0.1, 0.15) is 13.8 Å². The topological polar surface area (TPSA) is 42.0 Å². The largest absolute Gasteiger partial charge is 0.504 e. The van der Waals surface area contributed by atoms with Gasteiger partial charge in [-0.3, -0.25) is 0 Å². The van der Waals surface area contributed by atoms with E-state index in [9.17, 15) is 5.11 Å². The molecule has 1 N–H and O–H groups in total. The molecule has 1 aliphatic rings. The molecule has 0 bridgehead atoms. The van der Waals surface area contributed by atoms with E-state index < -0.39 is 0 Å². The molecule has 1 heterocycles. The highest BCUT2D eigenvalue weighted by molar-refractivity contribution is 6.30. The lowest BCUT2D eigenvalue weighted by molar-refractivity contribution is 0.254. The molecule has 15 heavy (non-hydrogen) atoms. The number of benzene rings is 1. The maximum absolute atomic E-state index is 9.34. The van der Waals surface area contributed by atoms with Crippen molar-refractivity contribution in [2.45, 2.75) is 20.0 Å². The second kappa shape index (κ2) is 5.83. The van der Waals surface area contributed by atoms with Crippen molar-refractivity contribution < 1.29 is 14.6 Å². The van der Waals surface area contributed by atoms with Crippen LogP contribution in [0.15, 0.2) is 18.2 Å². The van der Waals surface area contributed by atoms with E-state index in [1.54, 1.807) is 12.1 Å². The van der Waals surface area contributed by atoms with E-state index in [4.69, 9.17) is 21.1 Å². The van der Waals surface area contributed by atoms with Crippen LogP contribution < -0.4 is 4.74 Å². The molecule has 1 atom stereocenters. The van der Waals surface area contributed by atoms with Crippen LogP contribution >= 0.6 is 11.6 Å². The Hall–Kier alpha value is -0.930. The van der Waals surface area contributed by atoms with Crippen LogP contribution in [0, 0.1) is 0 Å². The molecule has 1 aromatic carbocycles. The minimum Gasteiger partial charge on any atom is -0.504 e. The van der Waals surface area contributed by atoms with Gasteiger partial charge in [-0.25, -0.2) is 0 Å². The van der Waals surface area contributed by atoms with Gasteiger partial charge in [-0.15, -0.1) is 0 Å². The number of ether oxygens (including phenoxy) is 2. The zero-order valence-corrected chi connectivity index (χ0v) is 9.62. The molecule has 4 heteroatoms. The Labute approximate surface area is 94.6 Å². The number of phenolic OH excluding ortho intramolecular Hbond substituents is 1. The molecule has 1 aliphatic heterocycles. The Morgan fingerprint density at radius 3 is 2.80 bits per heavy atom. The highest BCUT2D eigenvalue weighted by Gasteiger charge is 2.23. The van der Waals surface area contributed by atoms with Gasteiger partial charge in [-0.2, -0.15) is 0 Å². The summed E-state index contributed by atoms with van der Waals surface area (Å²) in [6.07, 6.45) is 0.179. The second-order valence-electron chi connectivity index (χ2n) is 2.88. The van der Waals surface area contributed by atoms with E-state index in [0.717, 1.165) is 6.61 Å². The summed E-state index contributed by atoms with van der Waals surface area (Å²) in [5.74, 6) is 0.507. The lowest BCUT2D eigenvalue weighted by Crippen LogP contribution is -2.03.